The quantitative estimate of drug-likeness (QED) is 0.208. The van der Waals surface area contributed by atoms with E-state index < -0.39 is 0 Å². The first-order chi connectivity index (χ1) is 15.8. The Kier molecular flexibility index (Phi) is 6.21. The molecule has 2 heteroatoms. The number of unbranched alkanes of at least 4 members (excludes halogenated alkanes) is 6. The molecule has 2 heterocycles. The first-order valence-corrected chi connectivity index (χ1v) is 12.6. The van der Waals surface area contributed by atoms with Crippen molar-refractivity contribution >= 4 is 43.9 Å². The molecule has 2 aromatic heterocycles. The SMILES string of the molecule is CCCCCCc1ccc2c(c1)oc1cc3c(cc12)oc1cc(CCCCCC)ccc13. The molecule has 0 spiro atoms. The van der Waals surface area contributed by atoms with Gasteiger partial charge in [0, 0.05) is 21.5 Å². The lowest BCUT2D eigenvalue weighted by molar-refractivity contribution is 0.656. The van der Waals surface area contributed by atoms with Gasteiger partial charge in [-0.1, -0.05) is 76.6 Å². The highest BCUT2D eigenvalue weighted by Gasteiger charge is 2.14. The maximum Gasteiger partial charge on any atom is 0.136 e. The minimum atomic E-state index is 0.946. The molecule has 2 nitrogen and oxygen atoms in total. The predicted molar refractivity (Wildman–Crippen MR) is 137 cm³/mol. The van der Waals surface area contributed by atoms with E-state index in [9.17, 15) is 0 Å². The molecule has 32 heavy (non-hydrogen) atoms. The zero-order chi connectivity index (χ0) is 21.9. The molecule has 3 aromatic carbocycles. The second-order valence-corrected chi connectivity index (χ2v) is 9.33. The molecule has 0 bridgehead atoms. The fourth-order valence-corrected chi connectivity index (χ4v) is 4.96. The van der Waals surface area contributed by atoms with Crippen LogP contribution in [0.4, 0.5) is 0 Å². The van der Waals surface area contributed by atoms with E-state index in [1.165, 1.54) is 73.3 Å². The topological polar surface area (TPSA) is 26.3 Å². The Bertz CT molecular complexity index is 1250. The molecule has 0 atom stereocenters. The number of benzene rings is 3. The van der Waals surface area contributed by atoms with Gasteiger partial charge in [0.2, 0.25) is 0 Å². The van der Waals surface area contributed by atoms with E-state index in [0.29, 0.717) is 0 Å². The average Bonchev–Trinajstić information content (AvgIpc) is 3.34. The number of aryl methyl sites for hydroxylation is 2. The van der Waals surface area contributed by atoms with E-state index in [1.54, 1.807) is 0 Å². The second-order valence-electron chi connectivity index (χ2n) is 9.33. The number of rotatable bonds is 10. The lowest BCUT2D eigenvalue weighted by Crippen LogP contribution is -1.85. The molecule has 5 rings (SSSR count). The van der Waals surface area contributed by atoms with Crippen molar-refractivity contribution in [2.45, 2.75) is 78.1 Å². The monoisotopic (exact) mass is 426 g/mol. The maximum absolute atomic E-state index is 6.31. The van der Waals surface area contributed by atoms with Crippen LogP contribution in [0.15, 0.2) is 57.4 Å². The predicted octanol–water partition coefficient (Wildman–Crippen LogP) is 9.73. The van der Waals surface area contributed by atoms with E-state index in [0.717, 1.165) is 45.9 Å². The van der Waals surface area contributed by atoms with E-state index >= 15 is 0 Å². The van der Waals surface area contributed by atoms with E-state index in [4.69, 9.17) is 8.83 Å². The maximum atomic E-state index is 6.31. The van der Waals surface area contributed by atoms with Crippen LogP contribution >= 0.6 is 0 Å². The molecule has 0 aliphatic rings. The van der Waals surface area contributed by atoms with Crippen molar-refractivity contribution in [1.29, 1.82) is 0 Å². The summed E-state index contributed by atoms with van der Waals surface area (Å²) in [5.41, 5.74) is 6.60. The smallest absolute Gasteiger partial charge is 0.136 e. The van der Waals surface area contributed by atoms with Gasteiger partial charge < -0.3 is 8.83 Å². The van der Waals surface area contributed by atoms with Crippen molar-refractivity contribution in [3.63, 3.8) is 0 Å². The van der Waals surface area contributed by atoms with Crippen molar-refractivity contribution < 1.29 is 8.83 Å². The summed E-state index contributed by atoms with van der Waals surface area (Å²) >= 11 is 0. The lowest BCUT2D eigenvalue weighted by atomic mass is 10.0. The van der Waals surface area contributed by atoms with Crippen molar-refractivity contribution in [3.05, 3.63) is 59.7 Å². The number of fused-ring (bicyclic) bond motifs is 6. The molecule has 0 radical (unpaired) electrons. The van der Waals surface area contributed by atoms with Crippen LogP contribution in [-0.2, 0) is 12.8 Å². The largest absolute Gasteiger partial charge is 0.456 e. The van der Waals surface area contributed by atoms with Crippen molar-refractivity contribution in [3.8, 4) is 0 Å². The zero-order valence-corrected chi connectivity index (χ0v) is 19.5. The highest BCUT2D eigenvalue weighted by Crippen LogP contribution is 2.37. The van der Waals surface area contributed by atoms with Gasteiger partial charge in [-0.3, -0.25) is 0 Å². The summed E-state index contributed by atoms with van der Waals surface area (Å²) in [6.45, 7) is 4.51. The fraction of sp³-hybridized carbons (Fsp3) is 0.400. The third-order valence-electron chi connectivity index (χ3n) is 6.83. The molecule has 0 aliphatic heterocycles. The van der Waals surface area contributed by atoms with Gasteiger partial charge in [-0.05, 0) is 61.1 Å². The van der Waals surface area contributed by atoms with E-state index in [-0.39, 0.29) is 0 Å². The van der Waals surface area contributed by atoms with Gasteiger partial charge in [-0.2, -0.15) is 0 Å². The molecular formula is C30H34O2. The van der Waals surface area contributed by atoms with Gasteiger partial charge in [-0.25, -0.2) is 0 Å². The number of hydrogen-bond acceptors (Lipinski definition) is 2. The normalized spacial score (nSPS) is 12.1. The standard InChI is InChI=1S/C30H34O2/c1-3-5-7-9-11-21-13-15-23-25-19-30-26(20-29(25)31-27(23)17-21)24-16-14-22(18-28(24)32-30)12-10-8-6-4-2/h13-20H,3-12H2,1-2H3. The van der Waals surface area contributed by atoms with Crippen LogP contribution < -0.4 is 0 Å². The van der Waals surface area contributed by atoms with Gasteiger partial charge in [0.15, 0.2) is 0 Å². The van der Waals surface area contributed by atoms with Crippen molar-refractivity contribution in [2.24, 2.45) is 0 Å². The summed E-state index contributed by atoms with van der Waals surface area (Å²) in [6.07, 6.45) is 12.6. The van der Waals surface area contributed by atoms with E-state index in [1.807, 2.05) is 0 Å². The third-order valence-corrected chi connectivity index (χ3v) is 6.83. The minimum absolute atomic E-state index is 0.946. The third kappa shape index (κ3) is 4.16. The molecule has 0 unspecified atom stereocenters. The van der Waals surface area contributed by atoms with Crippen LogP contribution in [0.1, 0.15) is 76.3 Å². The van der Waals surface area contributed by atoms with Gasteiger partial charge >= 0.3 is 0 Å². The van der Waals surface area contributed by atoms with Gasteiger partial charge in [0.1, 0.15) is 22.3 Å². The molecule has 5 aromatic rings. The number of furan rings is 2. The minimum Gasteiger partial charge on any atom is -0.456 e. The Balaban J connectivity index is 1.45. The first-order valence-electron chi connectivity index (χ1n) is 12.6. The zero-order valence-electron chi connectivity index (χ0n) is 19.5. The molecule has 0 saturated heterocycles. The van der Waals surface area contributed by atoms with Gasteiger partial charge in [0.25, 0.3) is 0 Å². The Hall–Kier alpha value is -2.74. The first kappa shape index (κ1) is 21.1. The highest BCUT2D eigenvalue weighted by molar-refractivity contribution is 6.14. The average molecular weight is 427 g/mol. The van der Waals surface area contributed by atoms with Crippen molar-refractivity contribution in [2.75, 3.05) is 0 Å². The summed E-state index contributed by atoms with van der Waals surface area (Å²) in [7, 11) is 0. The van der Waals surface area contributed by atoms with Crippen LogP contribution in [0.25, 0.3) is 43.9 Å². The molecule has 0 amide bonds. The summed E-state index contributed by atoms with van der Waals surface area (Å²) < 4.78 is 12.6. The van der Waals surface area contributed by atoms with Gasteiger partial charge in [0.05, 0.1) is 0 Å². The van der Waals surface area contributed by atoms with Crippen LogP contribution in [0.2, 0.25) is 0 Å². The fourth-order valence-electron chi connectivity index (χ4n) is 4.96. The molecule has 166 valence electrons. The Morgan fingerprint density at radius 1 is 0.469 bits per heavy atom. The van der Waals surface area contributed by atoms with E-state index in [2.05, 4.69) is 62.4 Å². The Morgan fingerprint density at radius 3 is 1.34 bits per heavy atom. The molecule has 0 aliphatic carbocycles. The van der Waals surface area contributed by atoms with Crippen LogP contribution in [0.3, 0.4) is 0 Å². The van der Waals surface area contributed by atoms with Crippen LogP contribution in [-0.4, -0.2) is 0 Å². The second kappa shape index (κ2) is 9.40. The lowest BCUT2D eigenvalue weighted by Gasteiger charge is -2.01. The van der Waals surface area contributed by atoms with Crippen LogP contribution in [0.5, 0.6) is 0 Å². The summed E-state index contributed by atoms with van der Waals surface area (Å²) in [4.78, 5) is 0. The molecule has 0 fully saturated rings. The Morgan fingerprint density at radius 2 is 0.906 bits per heavy atom. The van der Waals surface area contributed by atoms with Crippen molar-refractivity contribution in [1.82, 2.24) is 0 Å². The number of hydrogen-bond donors (Lipinski definition) is 0. The van der Waals surface area contributed by atoms with Gasteiger partial charge in [-0.15, -0.1) is 0 Å². The summed E-state index contributed by atoms with van der Waals surface area (Å²) in [6, 6.07) is 17.8. The summed E-state index contributed by atoms with van der Waals surface area (Å²) in [5, 5.41) is 4.64. The Labute approximate surface area is 190 Å². The van der Waals surface area contributed by atoms with Crippen LogP contribution in [0, 0.1) is 0 Å². The summed E-state index contributed by atoms with van der Waals surface area (Å²) in [5.74, 6) is 0. The highest BCUT2D eigenvalue weighted by atomic mass is 16.3. The molecular weight excluding hydrogens is 392 g/mol. The molecule has 0 saturated carbocycles. The molecule has 0 N–H and O–H groups in total.